The number of ether oxygens (including phenoxy) is 1. The van der Waals surface area contributed by atoms with Crippen molar-refractivity contribution in [1.29, 1.82) is 0 Å². The van der Waals surface area contributed by atoms with Gasteiger partial charge in [-0.2, -0.15) is 0 Å². The lowest BCUT2D eigenvalue weighted by atomic mass is 10.0. The number of benzene rings is 1. The number of methoxy groups -OCH3 is 1. The average molecular weight is 391 g/mol. The summed E-state index contributed by atoms with van der Waals surface area (Å²) in [4.78, 5) is 2.43. The van der Waals surface area contributed by atoms with E-state index in [4.69, 9.17) is 4.74 Å². The Bertz CT molecular complexity index is 884. The highest BCUT2D eigenvalue weighted by Crippen LogP contribution is 2.26. The normalized spacial score (nSPS) is 17.6. The Hall–Kier alpha value is -2.35. The van der Waals surface area contributed by atoms with Gasteiger partial charge in [0.25, 0.3) is 10.0 Å². The predicted octanol–water partition coefficient (Wildman–Crippen LogP) is 3.36. The number of nitrogens with zero attached hydrogens (tertiary/aromatic N) is 3. The molecule has 1 aliphatic heterocycles. The second-order valence-electron chi connectivity index (χ2n) is 6.76. The maximum atomic E-state index is 12.6. The highest BCUT2D eigenvalue weighted by atomic mass is 32.2. The van der Waals surface area contributed by atoms with Gasteiger partial charge in [0.1, 0.15) is 5.75 Å². The van der Waals surface area contributed by atoms with E-state index in [0.717, 1.165) is 37.2 Å². The fourth-order valence-corrected chi connectivity index (χ4v) is 4.56. The number of hydrogen-bond donors (Lipinski definition) is 1. The molecule has 0 bridgehead atoms. The predicted molar refractivity (Wildman–Crippen MR) is 106 cm³/mol. The van der Waals surface area contributed by atoms with Crippen molar-refractivity contribution in [3.63, 3.8) is 0 Å². The zero-order chi connectivity index (χ0) is 19.4. The molecule has 7 nitrogen and oxygen atoms in total. The molecule has 2 aromatic rings. The van der Waals surface area contributed by atoms with Gasteiger partial charge in [-0.1, -0.05) is 6.92 Å². The lowest BCUT2D eigenvalue weighted by Gasteiger charge is -2.35. The van der Waals surface area contributed by atoms with E-state index in [0.29, 0.717) is 11.8 Å². The third kappa shape index (κ3) is 4.32. The lowest BCUT2D eigenvalue weighted by molar-refractivity contribution is 0.411. The van der Waals surface area contributed by atoms with Crippen LogP contribution >= 0.6 is 0 Å². The van der Waals surface area contributed by atoms with Crippen LogP contribution in [0.4, 0.5) is 11.6 Å². The van der Waals surface area contributed by atoms with Crippen LogP contribution in [0.1, 0.15) is 38.2 Å². The molecule has 2 heterocycles. The van der Waals surface area contributed by atoms with E-state index in [9.17, 15) is 8.42 Å². The molecule has 27 heavy (non-hydrogen) atoms. The Morgan fingerprint density at radius 3 is 2.67 bits per heavy atom. The Balaban J connectivity index is 1.76. The molecule has 1 aromatic heterocycles. The SMILES string of the molecule is CCC1CCCCN1c1ccc(NS(=O)(=O)c2ccc(OC)c(C)c2)nn1. The second-order valence-corrected chi connectivity index (χ2v) is 8.45. The molecule has 1 atom stereocenters. The number of nitrogens with one attached hydrogen (secondary N) is 1. The second kappa shape index (κ2) is 8.12. The van der Waals surface area contributed by atoms with E-state index in [1.165, 1.54) is 12.5 Å². The molecule has 0 saturated carbocycles. The fraction of sp³-hybridized carbons (Fsp3) is 0.474. The van der Waals surface area contributed by atoms with E-state index in [2.05, 4.69) is 26.7 Å². The summed E-state index contributed by atoms with van der Waals surface area (Å²) in [5.74, 6) is 1.65. The van der Waals surface area contributed by atoms with Crippen LogP contribution in [-0.2, 0) is 10.0 Å². The summed E-state index contributed by atoms with van der Waals surface area (Å²) in [6, 6.07) is 8.69. The Kier molecular flexibility index (Phi) is 5.84. The standard InChI is InChI=1S/C19H26N4O3S/c1-4-15-7-5-6-12-23(15)19-11-10-18(20-21-19)22-27(24,25)16-8-9-17(26-3)14(2)13-16/h8-11,13,15H,4-7,12H2,1-3H3,(H,20,22). The van der Waals surface area contributed by atoms with Gasteiger partial charge >= 0.3 is 0 Å². The topological polar surface area (TPSA) is 84.4 Å². The van der Waals surface area contributed by atoms with Gasteiger partial charge in [-0.15, -0.1) is 10.2 Å². The summed E-state index contributed by atoms with van der Waals surface area (Å²) in [5.41, 5.74) is 0.748. The molecular weight excluding hydrogens is 364 g/mol. The molecule has 1 fully saturated rings. The third-order valence-electron chi connectivity index (χ3n) is 4.96. The molecule has 1 unspecified atom stereocenters. The van der Waals surface area contributed by atoms with Crippen LogP contribution in [0.15, 0.2) is 35.2 Å². The minimum Gasteiger partial charge on any atom is -0.496 e. The number of rotatable bonds is 6. The van der Waals surface area contributed by atoms with Crippen LogP contribution in [0.25, 0.3) is 0 Å². The van der Waals surface area contributed by atoms with Gasteiger partial charge < -0.3 is 9.64 Å². The fourth-order valence-electron chi connectivity index (χ4n) is 3.47. The van der Waals surface area contributed by atoms with Crippen LogP contribution in [0.2, 0.25) is 0 Å². The number of piperidine rings is 1. The zero-order valence-electron chi connectivity index (χ0n) is 16.0. The van der Waals surface area contributed by atoms with Crippen molar-refractivity contribution in [2.24, 2.45) is 0 Å². The van der Waals surface area contributed by atoms with Crippen molar-refractivity contribution in [1.82, 2.24) is 10.2 Å². The summed E-state index contributed by atoms with van der Waals surface area (Å²) in [6.07, 6.45) is 4.60. The molecular formula is C19H26N4O3S. The molecule has 0 amide bonds. The maximum absolute atomic E-state index is 12.6. The van der Waals surface area contributed by atoms with Crippen molar-refractivity contribution in [3.8, 4) is 5.75 Å². The third-order valence-corrected chi connectivity index (χ3v) is 6.31. The first-order valence-corrected chi connectivity index (χ1v) is 10.7. The summed E-state index contributed by atoms with van der Waals surface area (Å²) in [6.45, 7) is 4.94. The quantitative estimate of drug-likeness (QED) is 0.814. The van der Waals surface area contributed by atoms with Crippen LogP contribution in [0.5, 0.6) is 5.75 Å². The smallest absolute Gasteiger partial charge is 0.263 e. The molecule has 1 N–H and O–H groups in total. The number of aromatic nitrogens is 2. The zero-order valence-corrected chi connectivity index (χ0v) is 16.8. The van der Waals surface area contributed by atoms with Crippen molar-refractivity contribution < 1.29 is 13.2 Å². The van der Waals surface area contributed by atoms with E-state index in [-0.39, 0.29) is 10.7 Å². The molecule has 146 valence electrons. The van der Waals surface area contributed by atoms with E-state index >= 15 is 0 Å². The van der Waals surface area contributed by atoms with E-state index < -0.39 is 10.0 Å². The summed E-state index contributed by atoms with van der Waals surface area (Å²) in [5, 5.41) is 8.34. The molecule has 0 aliphatic carbocycles. The number of sulfonamides is 1. The molecule has 1 saturated heterocycles. The number of aryl methyl sites for hydroxylation is 1. The van der Waals surface area contributed by atoms with Crippen LogP contribution in [0, 0.1) is 6.92 Å². The summed E-state index contributed by atoms with van der Waals surface area (Å²) < 4.78 is 32.9. The Morgan fingerprint density at radius 2 is 2.04 bits per heavy atom. The van der Waals surface area contributed by atoms with Gasteiger partial charge in [0.05, 0.1) is 12.0 Å². The maximum Gasteiger partial charge on any atom is 0.263 e. The molecule has 0 radical (unpaired) electrons. The Morgan fingerprint density at radius 1 is 1.22 bits per heavy atom. The molecule has 1 aromatic carbocycles. The Labute approximate surface area is 160 Å². The number of hydrogen-bond acceptors (Lipinski definition) is 6. The van der Waals surface area contributed by atoms with Crippen molar-refractivity contribution >= 4 is 21.7 Å². The van der Waals surface area contributed by atoms with Crippen LogP contribution in [0.3, 0.4) is 0 Å². The first-order valence-electron chi connectivity index (χ1n) is 9.22. The van der Waals surface area contributed by atoms with Gasteiger partial charge in [-0.05, 0) is 68.5 Å². The summed E-state index contributed by atoms with van der Waals surface area (Å²) in [7, 11) is -2.18. The highest BCUT2D eigenvalue weighted by molar-refractivity contribution is 7.92. The highest BCUT2D eigenvalue weighted by Gasteiger charge is 2.23. The van der Waals surface area contributed by atoms with Gasteiger partial charge in [-0.25, -0.2) is 8.42 Å². The molecule has 1 aliphatic rings. The van der Waals surface area contributed by atoms with Crippen LogP contribution < -0.4 is 14.4 Å². The van der Waals surface area contributed by atoms with Crippen molar-refractivity contribution in [2.45, 2.75) is 50.5 Å². The molecule has 8 heteroatoms. The first-order chi connectivity index (χ1) is 12.9. The van der Waals surface area contributed by atoms with E-state index in [1.54, 1.807) is 32.2 Å². The van der Waals surface area contributed by atoms with Gasteiger partial charge in [0.15, 0.2) is 11.6 Å². The molecule has 3 rings (SSSR count). The van der Waals surface area contributed by atoms with Crippen molar-refractivity contribution in [2.75, 3.05) is 23.3 Å². The van der Waals surface area contributed by atoms with Gasteiger partial charge in [0.2, 0.25) is 0 Å². The van der Waals surface area contributed by atoms with Gasteiger partial charge in [0, 0.05) is 12.6 Å². The summed E-state index contributed by atoms with van der Waals surface area (Å²) >= 11 is 0. The monoisotopic (exact) mass is 390 g/mol. The minimum absolute atomic E-state index is 0.161. The lowest BCUT2D eigenvalue weighted by Crippen LogP contribution is -2.39. The largest absolute Gasteiger partial charge is 0.496 e. The van der Waals surface area contributed by atoms with Crippen LogP contribution in [-0.4, -0.2) is 38.3 Å². The van der Waals surface area contributed by atoms with Gasteiger partial charge in [-0.3, -0.25) is 4.72 Å². The minimum atomic E-state index is -3.74. The average Bonchev–Trinajstić information content (AvgIpc) is 2.68. The molecule has 0 spiro atoms. The first kappa shape index (κ1) is 19.4. The van der Waals surface area contributed by atoms with E-state index in [1.807, 2.05) is 6.07 Å². The van der Waals surface area contributed by atoms with Crippen molar-refractivity contribution in [3.05, 3.63) is 35.9 Å². The number of anilines is 2.